The van der Waals surface area contributed by atoms with Crippen LogP contribution in [-0.4, -0.2) is 5.97 Å². The number of rotatable bonds is 7. The number of esters is 1. The van der Waals surface area contributed by atoms with Crippen LogP contribution < -0.4 is 0 Å². The van der Waals surface area contributed by atoms with Gasteiger partial charge in [-0.05, 0) is 47.0 Å². The molecule has 0 aromatic heterocycles. The first-order valence-corrected chi connectivity index (χ1v) is 9.29. The maximum absolute atomic E-state index is 13.0. The predicted molar refractivity (Wildman–Crippen MR) is 107 cm³/mol. The van der Waals surface area contributed by atoms with Gasteiger partial charge >= 0.3 is 5.97 Å². The number of hydrogen-bond acceptors (Lipinski definition) is 3. The molecule has 3 rings (SSSR count). The summed E-state index contributed by atoms with van der Waals surface area (Å²) in [5.74, 6) is -0.939. The molecule has 0 N–H and O–H groups in total. The second-order valence-corrected chi connectivity index (χ2v) is 6.99. The van der Waals surface area contributed by atoms with E-state index in [1.54, 1.807) is 30.3 Å². The molecule has 1 unspecified atom stereocenters. The van der Waals surface area contributed by atoms with Crippen LogP contribution in [0.5, 0.6) is 0 Å². The number of carbonyl (C=O) groups excluding carboxylic acids is 1. The van der Waals surface area contributed by atoms with Gasteiger partial charge in [-0.25, -0.2) is 9.18 Å². The highest BCUT2D eigenvalue weighted by Crippen LogP contribution is 2.28. The van der Waals surface area contributed by atoms with Crippen LogP contribution >= 0.6 is 23.2 Å². The summed E-state index contributed by atoms with van der Waals surface area (Å²) < 4.78 is 24.2. The van der Waals surface area contributed by atoms with Crippen molar-refractivity contribution >= 4 is 29.2 Å². The third-order valence-corrected chi connectivity index (χ3v) is 4.39. The Morgan fingerprint density at radius 2 is 1.46 bits per heavy atom. The number of hydrogen-bond donors (Lipinski definition) is 0. The molecule has 28 heavy (non-hydrogen) atoms. The van der Waals surface area contributed by atoms with Crippen molar-refractivity contribution in [3.63, 3.8) is 0 Å². The van der Waals surface area contributed by atoms with E-state index < -0.39 is 12.1 Å². The minimum atomic E-state index is -1.00. The monoisotopic (exact) mass is 418 g/mol. The van der Waals surface area contributed by atoms with E-state index in [9.17, 15) is 9.18 Å². The molecule has 0 saturated heterocycles. The highest BCUT2D eigenvalue weighted by molar-refractivity contribution is 6.34. The summed E-state index contributed by atoms with van der Waals surface area (Å²) in [6.07, 6.45) is -1.00. The van der Waals surface area contributed by atoms with Crippen molar-refractivity contribution in [3.8, 4) is 0 Å². The molecule has 3 nitrogen and oxygen atoms in total. The van der Waals surface area contributed by atoms with Crippen LogP contribution in [0.25, 0.3) is 0 Å². The molecule has 0 saturated carbocycles. The molecular weight excluding hydrogens is 402 g/mol. The molecule has 144 valence electrons. The lowest BCUT2D eigenvalue weighted by Crippen LogP contribution is -2.19. The zero-order valence-electron chi connectivity index (χ0n) is 14.8. The average Bonchev–Trinajstić information content (AvgIpc) is 2.68. The Kier molecular flexibility index (Phi) is 7.04. The average molecular weight is 419 g/mol. The van der Waals surface area contributed by atoms with E-state index in [0.29, 0.717) is 21.2 Å². The number of halogens is 3. The zero-order valence-corrected chi connectivity index (χ0v) is 16.3. The van der Waals surface area contributed by atoms with E-state index in [-0.39, 0.29) is 19.0 Å². The molecule has 0 aliphatic heterocycles. The third kappa shape index (κ3) is 5.80. The highest BCUT2D eigenvalue weighted by Gasteiger charge is 2.24. The predicted octanol–water partition coefficient (Wildman–Crippen LogP) is 6.13. The normalized spacial score (nSPS) is 11.8. The largest absolute Gasteiger partial charge is 0.459 e. The van der Waals surface area contributed by atoms with Crippen molar-refractivity contribution < 1.29 is 18.7 Å². The van der Waals surface area contributed by atoms with Gasteiger partial charge in [0.2, 0.25) is 0 Å². The summed E-state index contributed by atoms with van der Waals surface area (Å²) in [5.41, 5.74) is 2.07. The lowest BCUT2D eigenvalue weighted by atomic mass is 10.1. The third-order valence-electron chi connectivity index (χ3n) is 3.96. The standard InChI is InChI=1S/C22H17Cl2FO3/c23-18-10-17(11-19(24)12-18)21(27-13-15-4-2-1-3-5-15)22(26)28-14-16-6-8-20(25)9-7-16/h1-12,21H,13-14H2. The van der Waals surface area contributed by atoms with E-state index in [1.165, 1.54) is 12.1 Å². The minimum Gasteiger partial charge on any atom is -0.459 e. The Morgan fingerprint density at radius 1 is 0.857 bits per heavy atom. The minimum absolute atomic E-state index is 0.00138. The second kappa shape index (κ2) is 9.69. The van der Waals surface area contributed by atoms with Gasteiger partial charge in [0, 0.05) is 10.0 Å². The van der Waals surface area contributed by atoms with Crippen LogP contribution in [-0.2, 0) is 27.5 Å². The Hall–Kier alpha value is -2.40. The summed E-state index contributed by atoms with van der Waals surface area (Å²) in [5, 5.41) is 0.782. The molecule has 6 heteroatoms. The lowest BCUT2D eigenvalue weighted by Gasteiger charge is -2.18. The van der Waals surface area contributed by atoms with Gasteiger partial charge in [-0.1, -0.05) is 65.7 Å². The van der Waals surface area contributed by atoms with Crippen LogP contribution in [0.2, 0.25) is 10.0 Å². The van der Waals surface area contributed by atoms with Gasteiger partial charge in [0.15, 0.2) is 6.10 Å². The number of carbonyl (C=O) groups is 1. The van der Waals surface area contributed by atoms with Gasteiger partial charge < -0.3 is 9.47 Å². The van der Waals surface area contributed by atoms with Gasteiger partial charge in [0.1, 0.15) is 12.4 Å². The summed E-state index contributed by atoms with van der Waals surface area (Å²) in [4.78, 5) is 12.7. The molecular formula is C22H17Cl2FO3. The molecule has 0 radical (unpaired) electrons. The van der Waals surface area contributed by atoms with Crippen molar-refractivity contribution in [1.29, 1.82) is 0 Å². The van der Waals surface area contributed by atoms with Crippen LogP contribution in [0.3, 0.4) is 0 Å². The van der Waals surface area contributed by atoms with Crippen molar-refractivity contribution in [2.45, 2.75) is 19.3 Å². The SMILES string of the molecule is O=C(OCc1ccc(F)cc1)C(OCc1ccccc1)c1cc(Cl)cc(Cl)c1. The zero-order chi connectivity index (χ0) is 19.9. The number of benzene rings is 3. The quantitative estimate of drug-likeness (QED) is 0.432. The van der Waals surface area contributed by atoms with E-state index in [1.807, 2.05) is 30.3 Å². The van der Waals surface area contributed by atoms with E-state index in [2.05, 4.69) is 0 Å². The van der Waals surface area contributed by atoms with Gasteiger partial charge in [-0.15, -0.1) is 0 Å². The maximum Gasteiger partial charge on any atom is 0.340 e. The Bertz CT molecular complexity index is 910. The van der Waals surface area contributed by atoms with Crippen molar-refractivity contribution in [2.24, 2.45) is 0 Å². The van der Waals surface area contributed by atoms with Crippen molar-refractivity contribution in [1.82, 2.24) is 0 Å². The van der Waals surface area contributed by atoms with Gasteiger partial charge in [0.25, 0.3) is 0 Å². The van der Waals surface area contributed by atoms with Crippen LogP contribution in [0.4, 0.5) is 4.39 Å². The summed E-state index contributed by atoms with van der Waals surface area (Å²) in [6, 6.07) is 20.0. The molecule has 0 heterocycles. The molecule has 3 aromatic rings. The van der Waals surface area contributed by atoms with Gasteiger partial charge in [-0.2, -0.15) is 0 Å². The Balaban J connectivity index is 1.75. The molecule has 0 fully saturated rings. The van der Waals surface area contributed by atoms with Crippen molar-refractivity contribution in [2.75, 3.05) is 0 Å². The maximum atomic E-state index is 13.0. The molecule has 0 bridgehead atoms. The lowest BCUT2D eigenvalue weighted by molar-refractivity contribution is -0.160. The first-order valence-electron chi connectivity index (χ1n) is 8.54. The van der Waals surface area contributed by atoms with Crippen LogP contribution in [0, 0.1) is 5.82 Å². The van der Waals surface area contributed by atoms with Gasteiger partial charge in [-0.3, -0.25) is 0 Å². The summed E-state index contributed by atoms with van der Waals surface area (Å²) in [6.45, 7) is 0.208. The molecule has 0 amide bonds. The van der Waals surface area contributed by atoms with Crippen molar-refractivity contribution in [3.05, 3.63) is 105 Å². The molecule has 1 atom stereocenters. The van der Waals surface area contributed by atoms with E-state index in [4.69, 9.17) is 32.7 Å². The van der Waals surface area contributed by atoms with E-state index in [0.717, 1.165) is 5.56 Å². The topological polar surface area (TPSA) is 35.5 Å². The van der Waals surface area contributed by atoms with Crippen LogP contribution in [0.15, 0.2) is 72.8 Å². The molecule has 0 aliphatic carbocycles. The van der Waals surface area contributed by atoms with Crippen LogP contribution in [0.1, 0.15) is 22.8 Å². The summed E-state index contributed by atoms with van der Waals surface area (Å²) >= 11 is 12.2. The fraction of sp³-hybridized carbons (Fsp3) is 0.136. The fourth-order valence-electron chi connectivity index (χ4n) is 2.59. The molecule has 3 aromatic carbocycles. The first-order chi connectivity index (χ1) is 13.5. The second-order valence-electron chi connectivity index (χ2n) is 6.11. The fourth-order valence-corrected chi connectivity index (χ4v) is 3.13. The highest BCUT2D eigenvalue weighted by atomic mass is 35.5. The Labute approximate surface area is 172 Å². The van der Waals surface area contributed by atoms with Gasteiger partial charge in [0.05, 0.1) is 6.61 Å². The molecule has 0 aliphatic rings. The smallest absolute Gasteiger partial charge is 0.340 e. The Morgan fingerprint density at radius 3 is 2.11 bits per heavy atom. The number of ether oxygens (including phenoxy) is 2. The molecule has 0 spiro atoms. The van der Waals surface area contributed by atoms with E-state index >= 15 is 0 Å². The first kappa shape index (κ1) is 20.3. The summed E-state index contributed by atoms with van der Waals surface area (Å²) in [7, 11) is 0.